The fourth-order valence-electron chi connectivity index (χ4n) is 3.44. The van der Waals surface area contributed by atoms with Crippen LogP contribution in [0.15, 0.2) is 42.7 Å². The first-order chi connectivity index (χ1) is 11.7. The standard InChI is InChI=1S/C19H25N3O2/c1-15-6-5-11-21(18(15)14-23)19(24)10-9-16-12-20-22(13-16)17-7-3-2-4-8-17/h2-4,7-8,12-13,15,18,23H,5-6,9-11,14H2,1H3. The van der Waals surface area contributed by atoms with Crippen LogP contribution in [0, 0.1) is 5.92 Å². The molecular weight excluding hydrogens is 302 g/mol. The number of likely N-dealkylation sites (tertiary alicyclic amines) is 1. The lowest BCUT2D eigenvalue weighted by molar-refractivity contribution is -0.137. The summed E-state index contributed by atoms with van der Waals surface area (Å²) in [4.78, 5) is 14.4. The summed E-state index contributed by atoms with van der Waals surface area (Å²) in [5.74, 6) is 0.501. The molecule has 2 aromatic rings. The maximum atomic E-state index is 12.6. The predicted octanol–water partition coefficient (Wildman–Crippen LogP) is 2.42. The molecule has 0 aliphatic carbocycles. The lowest BCUT2D eigenvalue weighted by atomic mass is 9.91. The van der Waals surface area contributed by atoms with E-state index in [4.69, 9.17) is 0 Å². The minimum atomic E-state index is -0.0294. The Kier molecular flexibility index (Phi) is 5.30. The Hall–Kier alpha value is -2.14. The second-order valence-corrected chi connectivity index (χ2v) is 6.59. The molecule has 3 rings (SSSR count). The fourth-order valence-corrected chi connectivity index (χ4v) is 3.44. The van der Waals surface area contributed by atoms with Gasteiger partial charge in [-0.3, -0.25) is 4.79 Å². The molecule has 1 saturated heterocycles. The molecule has 24 heavy (non-hydrogen) atoms. The van der Waals surface area contributed by atoms with E-state index in [2.05, 4.69) is 12.0 Å². The number of para-hydroxylation sites is 1. The number of amides is 1. The third-order valence-electron chi connectivity index (χ3n) is 4.91. The minimum Gasteiger partial charge on any atom is -0.394 e. The molecule has 128 valence electrons. The van der Waals surface area contributed by atoms with Crippen LogP contribution in [0.5, 0.6) is 0 Å². The number of carbonyl (C=O) groups excluding carboxylic acids is 1. The van der Waals surface area contributed by atoms with Gasteiger partial charge in [0.15, 0.2) is 0 Å². The summed E-state index contributed by atoms with van der Waals surface area (Å²) >= 11 is 0. The highest BCUT2D eigenvalue weighted by molar-refractivity contribution is 5.77. The van der Waals surface area contributed by atoms with Gasteiger partial charge < -0.3 is 10.0 Å². The highest BCUT2D eigenvalue weighted by Gasteiger charge is 2.30. The summed E-state index contributed by atoms with van der Waals surface area (Å²) in [5, 5.41) is 14.0. The predicted molar refractivity (Wildman–Crippen MR) is 92.9 cm³/mol. The van der Waals surface area contributed by atoms with Crippen molar-refractivity contribution in [2.45, 2.75) is 38.6 Å². The number of aliphatic hydroxyl groups excluding tert-OH is 1. The van der Waals surface area contributed by atoms with Crippen molar-refractivity contribution in [1.82, 2.24) is 14.7 Å². The lowest BCUT2D eigenvalue weighted by Crippen LogP contribution is -2.49. The van der Waals surface area contributed by atoms with Crippen molar-refractivity contribution in [1.29, 1.82) is 0 Å². The summed E-state index contributed by atoms with van der Waals surface area (Å²) in [5.41, 5.74) is 2.07. The molecule has 1 aromatic carbocycles. The van der Waals surface area contributed by atoms with Gasteiger partial charge in [-0.1, -0.05) is 25.1 Å². The van der Waals surface area contributed by atoms with Gasteiger partial charge in [-0.25, -0.2) is 4.68 Å². The zero-order chi connectivity index (χ0) is 16.9. The average Bonchev–Trinajstić information content (AvgIpc) is 3.09. The summed E-state index contributed by atoms with van der Waals surface area (Å²) in [7, 11) is 0. The second kappa shape index (κ2) is 7.62. The first kappa shape index (κ1) is 16.7. The second-order valence-electron chi connectivity index (χ2n) is 6.59. The Morgan fingerprint density at radius 2 is 2.12 bits per heavy atom. The van der Waals surface area contributed by atoms with Crippen LogP contribution in [0.3, 0.4) is 0 Å². The highest BCUT2D eigenvalue weighted by atomic mass is 16.3. The first-order valence-corrected chi connectivity index (χ1v) is 8.68. The fraction of sp³-hybridized carbons (Fsp3) is 0.474. The van der Waals surface area contributed by atoms with Gasteiger partial charge in [0.1, 0.15) is 0 Å². The zero-order valence-corrected chi connectivity index (χ0v) is 14.1. The molecule has 1 amide bonds. The Balaban J connectivity index is 1.59. The molecule has 5 nitrogen and oxygen atoms in total. The zero-order valence-electron chi connectivity index (χ0n) is 14.1. The van der Waals surface area contributed by atoms with Crippen LogP contribution in [0.2, 0.25) is 0 Å². The molecule has 0 spiro atoms. The Morgan fingerprint density at radius 1 is 1.33 bits per heavy atom. The average molecular weight is 327 g/mol. The van der Waals surface area contributed by atoms with E-state index in [1.807, 2.05) is 52.3 Å². The minimum absolute atomic E-state index is 0.0294. The van der Waals surface area contributed by atoms with E-state index < -0.39 is 0 Å². The van der Waals surface area contributed by atoms with E-state index in [9.17, 15) is 9.90 Å². The number of aromatic nitrogens is 2. The first-order valence-electron chi connectivity index (χ1n) is 8.68. The van der Waals surface area contributed by atoms with Gasteiger partial charge in [0.25, 0.3) is 0 Å². The van der Waals surface area contributed by atoms with Crippen molar-refractivity contribution in [3.63, 3.8) is 0 Å². The van der Waals surface area contributed by atoms with E-state index in [0.717, 1.165) is 30.6 Å². The monoisotopic (exact) mass is 327 g/mol. The summed E-state index contributed by atoms with van der Waals surface area (Å²) < 4.78 is 1.83. The van der Waals surface area contributed by atoms with Crippen molar-refractivity contribution in [2.75, 3.05) is 13.2 Å². The number of piperidine rings is 1. The maximum absolute atomic E-state index is 12.6. The number of hydrogen-bond acceptors (Lipinski definition) is 3. The van der Waals surface area contributed by atoms with E-state index in [1.54, 1.807) is 0 Å². The number of rotatable bonds is 5. The molecule has 1 aliphatic rings. The van der Waals surface area contributed by atoms with Gasteiger partial charge in [-0.2, -0.15) is 5.10 Å². The van der Waals surface area contributed by atoms with Gasteiger partial charge in [0.05, 0.1) is 24.5 Å². The van der Waals surface area contributed by atoms with Crippen molar-refractivity contribution >= 4 is 5.91 Å². The number of benzene rings is 1. The van der Waals surface area contributed by atoms with E-state index in [1.165, 1.54) is 0 Å². The number of carbonyl (C=O) groups is 1. The largest absolute Gasteiger partial charge is 0.394 e. The number of hydrogen-bond donors (Lipinski definition) is 1. The molecule has 1 fully saturated rings. The lowest BCUT2D eigenvalue weighted by Gasteiger charge is -2.39. The van der Waals surface area contributed by atoms with Gasteiger partial charge in [-0.05, 0) is 42.9 Å². The molecular formula is C19H25N3O2. The quantitative estimate of drug-likeness (QED) is 0.917. The van der Waals surface area contributed by atoms with E-state index >= 15 is 0 Å². The summed E-state index contributed by atoms with van der Waals surface area (Å²) in [6.07, 6.45) is 7.04. The van der Waals surface area contributed by atoms with Crippen LogP contribution in [0.1, 0.15) is 31.7 Å². The van der Waals surface area contributed by atoms with Crippen LogP contribution in [0.25, 0.3) is 5.69 Å². The summed E-state index contributed by atoms with van der Waals surface area (Å²) in [6.45, 7) is 2.93. The van der Waals surface area contributed by atoms with Crippen LogP contribution < -0.4 is 0 Å². The number of nitrogens with zero attached hydrogens (tertiary/aromatic N) is 3. The highest BCUT2D eigenvalue weighted by Crippen LogP contribution is 2.24. The van der Waals surface area contributed by atoms with E-state index in [-0.39, 0.29) is 18.6 Å². The SMILES string of the molecule is CC1CCCN(C(=O)CCc2cnn(-c3ccccc3)c2)C1CO. The molecule has 1 aromatic heterocycles. The van der Waals surface area contributed by atoms with Crippen molar-refractivity contribution in [3.8, 4) is 5.69 Å². The van der Waals surface area contributed by atoms with Crippen LogP contribution in [-0.2, 0) is 11.2 Å². The summed E-state index contributed by atoms with van der Waals surface area (Å²) in [6, 6.07) is 9.91. The Bertz CT molecular complexity index is 668. The van der Waals surface area contributed by atoms with Crippen LogP contribution in [-0.4, -0.2) is 44.9 Å². The van der Waals surface area contributed by atoms with Gasteiger partial charge in [0, 0.05) is 19.2 Å². The third-order valence-corrected chi connectivity index (χ3v) is 4.91. The number of aliphatic hydroxyl groups is 1. The molecule has 5 heteroatoms. The smallest absolute Gasteiger partial charge is 0.223 e. The topological polar surface area (TPSA) is 58.4 Å². The van der Waals surface area contributed by atoms with Crippen LogP contribution in [0.4, 0.5) is 0 Å². The molecule has 2 heterocycles. The molecule has 0 saturated carbocycles. The molecule has 0 bridgehead atoms. The normalized spacial score (nSPS) is 21.0. The molecule has 1 aliphatic heterocycles. The number of aryl methyl sites for hydroxylation is 1. The van der Waals surface area contributed by atoms with E-state index in [0.29, 0.717) is 18.8 Å². The third kappa shape index (κ3) is 3.67. The van der Waals surface area contributed by atoms with Gasteiger partial charge >= 0.3 is 0 Å². The Labute approximate surface area is 142 Å². The molecule has 0 radical (unpaired) electrons. The van der Waals surface area contributed by atoms with Crippen molar-refractivity contribution in [2.24, 2.45) is 5.92 Å². The van der Waals surface area contributed by atoms with Gasteiger partial charge in [0.2, 0.25) is 5.91 Å². The van der Waals surface area contributed by atoms with Crippen molar-refractivity contribution in [3.05, 3.63) is 48.3 Å². The molecule has 1 N–H and O–H groups in total. The van der Waals surface area contributed by atoms with Gasteiger partial charge in [-0.15, -0.1) is 0 Å². The van der Waals surface area contributed by atoms with Crippen molar-refractivity contribution < 1.29 is 9.90 Å². The molecule has 2 atom stereocenters. The maximum Gasteiger partial charge on any atom is 0.223 e. The van der Waals surface area contributed by atoms with Crippen LogP contribution >= 0.6 is 0 Å². The Morgan fingerprint density at radius 3 is 2.88 bits per heavy atom. The molecule has 2 unspecified atom stereocenters.